The van der Waals surface area contributed by atoms with E-state index in [0.717, 1.165) is 26.3 Å². The van der Waals surface area contributed by atoms with E-state index < -0.39 is 5.60 Å². The Balaban J connectivity index is 2.33. The Morgan fingerprint density at radius 3 is 2.40 bits per heavy atom. The summed E-state index contributed by atoms with van der Waals surface area (Å²) in [5.74, 6) is 0. The van der Waals surface area contributed by atoms with Crippen molar-refractivity contribution in [3.8, 4) is 0 Å². The minimum Gasteiger partial charge on any atom is -0.444 e. The highest BCUT2D eigenvalue weighted by molar-refractivity contribution is 5.68. The van der Waals surface area contributed by atoms with Gasteiger partial charge in [-0.1, -0.05) is 6.92 Å². The molecule has 0 spiro atoms. The van der Waals surface area contributed by atoms with Crippen molar-refractivity contribution in [3.63, 3.8) is 0 Å². The van der Waals surface area contributed by atoms with Crippen molar-refractivity contribution in [3.05, 3.63) is 0 Å². The Hall–Kier alpha value is -0.810. The fraction of sp³-hybridized carbons (Fsp3) is 0.933. The first kappa shape index (κ1) is 17.2. The van der Waals surface area contributed by atoms with E-state index in [1.54, 1.807) is 4.90 Å². The first-order valence-electron chi connectivity index (χ1n) is 7.41. The number of carbonyl (C=O) groups excluding carboxylic acids is 1. The van der Waals surface area contributed by atoms with Gasteiger partial charge in [-0.3, -0.25) is 0 Å². The normalized spacial score (nSPS) is 17.8. The molecule has 0 aromatic rings. The molecular weight excluding hydrogens is 256 g/mol. The maximum absolute atomic E-state index is 12.1. The summed E-state index contributed by atoms with van der Waals surface area (Å²) in [4.78, 5) is 13.9. The molecule has 0 aromatic heterocycles. The molecule has 0 bridgehead atoms. The van der Waals surface area contributed by atoms with E-state index >= 15 is 0 Å². The predicted molar refractivity (Wildman–Crippen MR) is 79.9 cm³/mol. The third kappa shape index (κ3) is 5.67. The van der Waals surface area contributed by atoms with Crippen LogP contribution in [0.3, 0.4) is 0 Å². The molecule has 0 radical (unpaired) electrons. The quantitative estimate of drug-likeness (QED) is 0.761. The highest BCUT2D eigenvalue weighted by Crippen LogP contribution is 2.24. The van der Waals surface area contributed by atoms with Gasteiger partial charge in [-0.25, -0.2) is 4.79 Å². The van der Waals surface area contributed by atoms with Crippen LogP contribution >= 0.6 is 0 Å². The molecule has 0 unspecified atom stereocenters. The fourth-order valence-electron chi connectivity index (χ4n) is 2.02. The Labute approximate surface area is 123 Å². The molecule has 0 aliphatic carbocycles. The third-order valence-corrected chi connectivity index (χ3v) is 3.23. The summed E-state index contributed by atoms with van der Waals surface area (Å²) in [7, 11) is 0. The lowest BCUT2D eigenvalue weighted by molar-refractivity contribution is -0.0990. The number of amides is 1. The number of ether oxygens (including phenoxy) is 2. The molecule has 0 aromatic carbocycles. The van der Waals surface area contributed by atoms with E-state index in [-0.39, 0.29) is 17.6 Å². The summed E-state index contributed by atoms with van der Waals surface area (Å²) in [6, 6.07) is 0.134. The van der Waals surface area contributed by atoms with Crippen LogP contribution in [-0.4, -0.2) is 55.5 Å². The Bertz CT molecular complexity index is 320. The van der Waals surface area contributed by atoms with Crippen LogP contribution < -0.4 is 5.32 Å². The van der Waals surface area contributed by atoms with Gasteiger partial charge < -0.3 is 19.7 Å². The smallest absolute Gasteiger partial charge is 0.410 e. The van der Waals surface area contributed by atoms with Gasteiger partial charge in [0.25, 0.3) is 0 Å². The van der Waals surface area contributed by atoms with E-state index in [1.165, 1.54) is 0 Å². The number of nitrogens with zero attached hydrogens (tertiary/aromatic N) is 1. The second-order valence-electron chi connectivity index (χ2n) is 7.25. The van der Waals surface area contributed by atoms with Crippen molar-refractivity contribution in [2.45, 2.75) is 53.2 Å². The molecule has 0 saturated carbocycles. The van der Waals surface area contributed by atoms with Crippen LogP contribution in [0.25, 0.3) is 0 Å². The summed E-state index contributed by atoms with van der Waals surface area (Å²) in [5.41, 5.74) is -0.191. The second kappa shape index (κ2) is 6.76. The highest BCUT2D eigenvalue weighted by Gasteiger charge is 2.32. The molecule has 5 nitrogen and oxygen atoms in total. The van der Waals surface area contributed by atoms with Gasteiger partial charge in [0, 0.05) is 31.1 Å². The maximum atomic E-state index is 12.1. The number of rotatable bonds is 6. The monoisotopic (exact) mass is 286 g/mol. The molecule has 1 aliphatic heterocycles. The second-order valence-corrected chi connectivity index (χ2v) is 7.25. The molecule has 20 heavy (non-hydrogen) atoms. The van der Waals surface area contributed by atoms with E-state index in [9.17, 15) is 4.79 Å². The molecule has 1 amide bonds. The van der Waals surface area contributed by atoms with Crippen molar-refractivity contribution in [2.24, 2.45) is 5.41 Å². The summed E-state index contributed by atoms with van der Waals surface area (Å²) in [5, 5.41) is 3.40. The largest absolute Gasteiger partial charge is 0.444 e. The van der Waals surface area contributed by atoms with Gasteiger partial charge in [0.15, 0.2) is 0 Å². The Kier molecular flexibility index (Phi) is 5.83. The zero-order chi connectivity index (χ0) is 15.4. The fourth-order valence-corrected chi connectivity index (χ4v) is 2.02. The van der Waals surface area contributed by atoms with Gasteiger partial charge in [0.05, 0.1) is 13.2 Å². The summed E-state index contributed by atoms with van der Waals surface area (Å²) in [6.45, 7) is 15.9. The van der Waals surface area contributed by atoms with Gasteiger partial charge in [-0.2, -0.15) is 0 Å². The molecule has 1 heterocycles. The lowest BCUT2D eigenvalue weighted by atomic mass is 9.89. The SMILES string of the molecule is CC(C)N(CCNCC1(C)COC1)C(=O)OC(C)(C)C. The predicted octanol–water partition coefficient (Wildman–Crippen LogP) is 2.26. The minimum absolute atomic E-state index is 0.134. The molecule has 1 rings (SSSR count). The zero-order valence-corrected chi connectivity index (χ0v) is 13.8. The van der Waals surface area contributed by atoms with Crippen molar-refractivity contribution in [1.82, 2.24) is 10.2 Å². The van der Waals surface area contributed by atoms with Crippen LogP contribution in [0.15, 0.2) is 0 Å². The summed E-state index contributed by atoms with van der Waals surface area (Å²) in [6.07, 6.45) is -0.243. The van der Waals surface area contributed by atoms with Crippen molar-refractivity contribution < 1.29 is 14.3 Å². The molecule has 118 valence electrons. The van der Waals surface area contributed by atoms with Crippen LogP contribution in [0.1, 0.15) is 41.5 Å². The van der Waals surface area contributed by atoms with Crippen LogP contribution in [-0.2, 0) is 9.47 Å². The van der Waals surface area contributed by atoms with Crippen LogP contribution in [0, 0.1) is 5.41 Å². The zero-order valence-electron chi connectivity index (χ0n) is 13.8. The van der Waals surface area contributed by atoms with Gasteiger partial charge in [-0.15, -0.1) is 0 Å². The van der Waals surface area contributed by atoms with Crippen molar-refractivity contribution in [1.29, 1.82) is 0 Å². The molecule has 1 fully saturated rings. The van der Waals surface area contributed by atoms with Crippen LogP contribution in [0.5, 0.6) is 0 Å². The maximum Gasteiger partial charge on any atom is 0.410 e. The van der Waals surface area contributed by atoms with E-state index in [0.29, 0.717) is 6.54 Å². The average Bonchev–Trinajstić information content (AvgIpc) is 2.23. The average molecular weight is 286 g/mol. The highest BCUT2D eigenvalue weighted by atomic mass is 16.6. The van der Waals surface area contributed by atoms with Crippen molar-refractivity contribution >= 4 is 6.09 Å². The van der Waals surface area contributed by atoms with Crippen LogP contribution in [0.2, 0.25) is 0 Å². The minimum atomic E-state index is -0.450. The number of nitrogens with one attached hydrogen (secondary N) is 1. The van der Waals surface area contributed by atoms with E-state index in [4.69, 9.17) is 9.47 Å². The lowest BCUT2D eigenvalue weighted by Crippen LogP contribution is -2.49. The first-order valence-corrected chi connectivity index (χ1v) is 7.41. The molecule has 0 atom stereocenters. The van der Waals surface area contributed by atoms with Gasteiger partial charge >= 0.3 is 6.09 Å². The molecule has 1 N–H and O–H groups in total. The summed E-state index contributed by atoms with van der Waals surface area (Å²) >= 11 is 0. The Morgan fingerprint density at radius 2 is 2.00 bits per heavy atom. The van der Waals surface area contributed by atoms with Gasteiger partial charge in [0.1, 0.15) is 5.60 Å². The molecule has 5 heteroatoms. The lowest BCUT2D eigenvalue weighted by Gasteiger charge is -2.38. The molecule has 1 saturated heterocycles. The Morgan fingerprint density at radius 1 is 1.40 bits per heavy atom. The number of carbonyl (C=O) groups is 1. The molecule has 1 aliphatic rings. The standard InChI is InChI=1S/C15H30N2O3/c1-12(2)17(13(18)20-14(3,4)5)8-7-16-9-15(6)10-19-11-15/h12,16H,7-11H2,1-6H3. The van der Waals surface area contributed by atoms with E-state index in [1.807, 2.05) is 34.6 Å². The van der Waals surface area contributed by atoms with Crippen LogP contribution in [0.4, 0.5) is 4.79 Å². The number of hydrogen-bond acceptors (Lipinski definition) is 4. The van der Waals surface area contributed by atoms with Crippen molar-refractivity contribution in [2.75, 3.05) is 32.8 Å². The topological polar surface area (TPSA) is 50.8 Å². The van der Waals surface area contributed by atoms with Gasteiger partial charge in [-0.05, 0) is 34.6 Å². The first-order chi connectivity index (χ1) is 9.13. The molecular formula is C15H30N2O3. The van der Waals surface area contributed by atoms with Gasteiger partial charge in [0.2, 0.25) is 0 Å². The third-order valence-electron chi connectivity index (χ3n) is 3.23. The number of hydrogen-bond donors (Lipinski definition) is 1. The van der Waals surface area contributed by atoms with E-state index in [2.05, 4.69) is 12.2 Å². The summed E-state index contributed by atoms with van der Waals surface area (Å²) < 4.78 is 10.7.